The lowest BCUT2D eigenvalue weighted by molar-refractivity contribution is -0.123. The monoisotopic (exact) mass is 365 g/mol. The van der Waals surface area contributed by atoms with E-state index < -0.39 is 5.60 Å². The largest absolute Gasteiger partial charge is 0.493 e. The van der Waals surface area contributed by atoms with Crippen molar-refractivity contribution in [2.45, 2.75) is 30.9 Å². The summed E-state index contributed by atoms with van der Waals surface area (Å²) in [6, 6.07) is 8.24. The van der Waals surface area contributed by atoms with E-state index in [0.29, 0.717) is 30.9 Å². The van der Waals surface area contributed by atoms with Crippen molar-refractivity contribution in [1.29, 1.82) is 0 Å². The summed E-state index contributed by atoms with van der Waals surface area (Å²) in [6.07, 6.45) is 3.65. The first-order valence-corrected chi connectivity index (χ1v) is 10.7. The molecule has 1 aromatic carbocycles. The molecule has 1 aliphatic heterocycles. The summed E-state index contributed by atoms with van der Waals surface area (Å²) in [5.74, 6) is 7.41. The molecular weight excluding hydrogens is 338 g/mol. The quantitative estimate of drug-likeness (QED) is 0.565. The Kier molecular flexibility index (Phi) is 2.70. The molecule has 5 heteroatoms. The first-order valence-electron chi connectivity index (χ1n) is 10.7. The van der Waals surface area contributed by atoms with E-state index in [1.807, 2.05) is 18.2 Å². The minimum atomic E-state index is -0.593. The molecule has 142 valence electrons. The number of aliphatic imine (C=N–C) groups is 1. The Morgan fingerprint density at radius 1 is 1.15 bits per heavy atom. The van der Waals surface area contributed by atoms with Gasteiger partial charge >= 0.3 is 0 Å². The van der Waals surface area contributed by atoms with Gasteiger partial charge in [0.1, 0.15) is 5.75 Å². The van der Waals surface area contributed by atoms with Crippen LogP contribution in [-0.4, -0.2) is 29.8 Å². The Bertz CT molecular complexity index is 850. The second kappa shape index (κ2) is 4.80. The highest BCUT2D eigenvalue weighted by Gasteiger charge is 2.84. The van der Waals surface area contributed by atoms with Gasteiger partial charge in [0.25, 0.3) is 0 Å². The number of guanidine groups is 1. The van der Waals surface area contributed by atoms with Gasteiger partial charge in [-0.3, -0.25) is 4.99 Å². The summed E-state index contributed by atoms with van der Waals surface area (Å²) in [4.78, 5) is 4.68. The molecule has 5 fully saturated rings. The Morgan fingerprint density at radius 2 is 1.96 bits per heavy atom. The number of nitrogens with zero attached hydrogens (tertiary/aromatic N) is 1. The second-order valence-electron chi connectivity index (χ2n) is 9.90. The molecule has 1 aromatic rings. The molecule has 0 spiro atoms. The Morgan fingerprint density at radius 3 is 2.89 bits per heavy atom. The van der Waals surface area contributed by atoms with Gasteiger partial charge in [-0.2, -0.15) is 0 Å². The van der Waals surface area contributed by atoms with Crippen LogP contribution in [0, 0.1) is 47.3 Å². The van der Waals surface area contributed by atoms with Crippen molar-refractivity contribution in [3.8, 4) is 5.75 Å². The predicted octanol–water partition coefficient (Wildman–Crippen LogP) is 1.92. The topological polar surface area (TPSA) is 79.9 Å². The third-order valence-corrected chi connectivity index (χ3v) is 9.30. The Labute approximate surface area is 159 Å². The number of para-hydroxylation sites is 1. The standard InChI is InChI=1S/C22H27N3O2/c23-21(25-15-5-6-27-16-4-2-1-3-10(15)16)24-9-22(26)19-12-8-13-17-11(12)7-14(19)18(17)20(13)22/h1-4,11-15,17-20,26H,5-9H2,(H3,23,24,25). The average Bonchev–Trinajstić information content (AvgIpc) is 3.19. The van der Waals surface area contributed by atoms with Crippen molar-refractivity contribution in [2.75, 3.05) is 13.2 Å². The van der Waals surface area contributed by atoms with Crippen LogP contribution in [0.1, 0.15) is 30.9 Å². The van der Waals surface area contributed by atoms with E-state index in [1.165, 1.54) is 12.8 Å². The Balaban J connectivity index is 1.12. The molecule has 5 aliphatic carbocycles. The summed E-state index contributed by atoms with van der Waals surface area (Å²) in [5, 5.41) is 15.1. The highest BCUT2D eigenvalue weighted by Crippen LogP contribution is 2.85. The van der Waals surface area contributed by atoms with Gasteiger partial charge in [-0.15, -0.1) is 0 Å². The van der Waals surface area contributed by atoms with E-state index in [9.17, 15) is 5.11 Å². The van der Waals surface area contributed by atoms with Crippen molar-refractivity contribution in [2.24, 2.45) is 58.1 Å². The number of fused-ring (bicyclic) bond motifs is 3. The minimum absolute atomic E-state index is 0.130. The number of nitrogens with one attached hydrogen (secondary N) is 1. The molecule has 0 amide bonds. The van der Waals surface area contributed by atoms with Crippen molar-refractivity contribution in [3.63, 3.8) is 0 Å². The fourth-order valence-electron chi connectivity index (χ4n) is 8.86. The van der Waals surface area contributed by atoms with Gasteiger partial charge < -0.3 is 20.9 Å². The normalized spacial score (nSPS) is 52.6. The summed E-state index contributed by atoms with van der Waals surface area (Å²) in [7, 11) is 0. The van der Waals surface area contributed by atoms with Crippen LogP contribution in [0.3, 0.4) is 0 Å². The lowest BCUT2D eigenvalue weighted by Gasteiger charge is -2.51. The molecule has 5 nitrogen and oxygen atoms in total. The molecule has 0 aromatic heterocycles. The lowest BCUT2D eigenvalue weighted by atomic mass is 9.56. The van der Waals surface area contributed by atoms with Crippen LogP contribution in [0.2, 0.25) is 0 Å². The van der Waals surface area contributed by atoms with E-state index in [0.717, 1.165) is 53.2 Å². The van der Waals surface area contributed by atoms with Gasteiger partial charge in [0, 0.05) is 12.0 Å². The highest BCUT2D eigenvalue weighted by atomic mass is 16.5. The van der Waals surface area contributed by atoms with Crippen molar-refractivity contribution < 1.29 is 9.84 Å². The van der Waals surface area contributed by atoms with Gasteiger partial charge in [-0.1, -0.05) is 18.2 Å². The molecule has 10 atom stereocenters. The molecule has 2 bridgehead atoms. The van der Waals surface area contributed by atoms with Gasteiger partial charge in [0.15, 0.2) is 5.96 Å². The number of aliphatic hydroxyl groups is 1. The van der Waals surface area contributed by atoms with E-state index in [4.69, 9.17) is 10.5 Å². The fraction of sp³-hybridized carbons (Fsp3) is 0.682. The van der Waals surface area contributed by atoms with Crippen molar-refractivity contribution >= 4 is 5.96 Å². The van der Waals surface area contributed by atoms with Crippen LogP contribution in [0.15, 0.2) is 29.3 Å². The number of ether oxygens (including phenoxy) is 1. The SMILES string of the molecule is NC(=NCC1(O)C2C3CC4C5C3CC2C5C41)NC1CCOc2ccccc21. The zero-order valence-corrected chi connectivity index (χ0v) is 15.4. The molecule has 7 rings (SSSR count). The van der Waals surface area contributed by atoms with E-state index in [2.05, 4.69) is 16.4 Å². The molecule has 10 unspecified atom stereocenters. The van der Waals surface area contributed by atoms with Crippen LogP contribution in [0.4, 0.5) is 0 Å². The first kappa shape index (κ1) is 15.2. The van der Waals surface area contributed by atoms with Gasteiger partial charge in [0.05, 0.1) is 24.8 Å². The summed E-state index contributed by atoms with van der Waals surface area (Å²) < 4.78 is 5.73. The van der Waals surface area contributed by atoms with E-state index in [1.54, 1.807) is 0 Å². The summed E-state index contributed by atoms with van der Waals surface area (Å²) in [6.45, 7) is 1.16. The number of hydrogen-bond donors (Lipinski definition) is 3. The second-order valence-corrected chi connectivity index (χ2v) is 9.90. The maximum Gasteiger partial charge on any atom is 0.189 e. The predicted molar refractivity (Wildman–Crippen MR) is 101 cm³/mol. The molecule has 27 heavy (non-hydrogen) atoms. The molecule has 0 radical (unpaired) electrons. The average molecular weight is 365 g/mol. The van der Waals surface area contributed by atoms with Crippen LogP contribution in [0.5, 0.6) is 5.75 Å². The maximum atomic E-state index is 11.7. The van der Waals surface area contributed by atoms with Crippen LogP contribution < -0.4 is 15.8 Å². The Hall–Kier alpha value is -1.75. The molecule has 0 saturated heterocycles. The van der Waals surface area contributed by atoms with Gasteiger partial charge in [-0.25, -0.2) is 0 Å². The van der Waals surface area contributed by atoms with Crippen molar-refractivity contribution in [3.05, 3.63) is 29.8 Å². The first-order chi connectivity index (χ1) is 13.2. The molecule has 6 aliphatic rings. The number of rotatable bonds is 3. The zero-order valence-electron chi connectivity index (χ0n) is 15.4. The van der Waals surface area contributed by atoms with Crippen molar-refractivity contribution in [1.82, 2.24) is 5.32 Å². The highest BCUT2D eigenvalue weighted by molar-refractivity contribution is 5.78. The van der Waals surface area contributed by atoms with Crippen LogP contribution >= 0.6 is 0 Å². The van der Waals surface area contributed by atoms with Crippen LogP contribution in [0.25, 0.3) is 0 Å². The molecule has 4 N–H and O–H groups in total. The third kappa shape index (κ3) is 1.65. The van der Waals surface area contributed by atoms with Gasteiger partial charge in [0.2, 0.25) is 0 Å². The van der Waals surface area contributed by atoms with Gasteiger partial charge in [-0.05, 0) is 66.3 Å². The zero-order chi connectivity index (χ0) is 17.9. The molecule has 5 saturated carbocycles. The smallest absolute Gasteiger partial charge is 0.189 e. The summed E-state index contributed by atoms with van der Waals surface area (Å²) in [5.41, 5.74) is 6.82. The number of benzene rings is 1. The van der Waals surface area contributed by atoms with Crippen LogP contribution in [-0.2, 0) is 0 Å². The number of nitrogens with two attached hydrogens (primary N) is 1. The molecule has 1 heterocycles. The van der Waals surface area contributed by atoms with E-state index in [-0.39, 0.29) is 6.04 Å². The summed E-state index contributed by atoms with van der Waals surface area (Å²) >= 11 is 0. The fourth-order valence-corrected chi connectivity index (χ4v) is 8.86. The molecular formula is C22H27N3O2. The maximum absolute atomic E-state index is 11.7. The minimum Gasteiger partial charge on any atom is -0.493 e. The van der Waals surface area contributed by atoms with E-state index >= 15 is 0 Å². The lowest BCUT2D eigenvalue weighted by Crippen LogP contribution is -2.56. The third-order valence-electron chi connectivity index (χ3n) is 9.30. The number of hydrogen-bond acceptors (Lipinski definition) is 3.